The van der Waals surface area contributed by atoms with Gasteiger partial charge in [0.1, 0.15) is 0 Å². The number of hydrogen-bond acceptors (Lipinski definition) is 1. The predicted molar refractivity (Wildman–Crippen MR) is 80.8 cm³/mol. The van der Waals surface area contributed by atoms with Crippen molar-refractivity contribution in [1.82, 2.24) is 3.56 Å². The van der Waals surface area contributed by atoms with Gasteiger partial charge in [-0.2, -0.15) is 0 Å². The number of nitrogens with zero attached hydrogens (tertiary/aromatic N) is 1. The van der Waals surface area contributed by atoms with Crippen molar-refractivity contribution in [2.75, 3.05) is 0 Å². The average Bonchev–Trinajstić information content (AvgIpc) is 2.71. The first-order chi connectivity index (χ1) is 8.66. The molecule has 3 rings (SSSR count). The first kappa shape index (κ1) is 12.2. The van der Waals surface area contributed by atoms with Gasteiger partial charge in [0.15, 0.2) is 0 Å². The second-order valence-corrected chi connectivity index (χ2v) is 7.01. The third-order valence-electron chi connectivity index (χ3n) is 2.88. The molecule has 0 fully saturated rings. The molecule has 0 unspecified atom stereocenters. The second kappa shape index (κ2) is 4.67. The van der Waals surface area contributed by atoms with Crippen LogP contribution in [-0.2, 0) is 0 Å². The van der Waals surface area contributed by atoms with Crippen molar-refractivity contribution >= 4 is 48.2 Å². The summed E-state index contributed by atoms with van der Waals surface area (Å²) >= 11 is 11.9. The maximum atomic E-state index is 6.09. The molecular weight excluding hydrogens is 329 g/mol. The zero-order valence-electron chi connectivity index (χ0n) is 9.68. The van der Waals surface area contributed by atoms with Gasteiger partial charge in [0, 0.05) is 0 Å². The van der Waals surface area contributed by atoms with Gasteiger partial charge in [-0.25, -0.2) is 0 Å². The van der Waals surface area contributed by atoms with Crippen molar-refractivity contribution < 1.29 is 0 Å². The molecule has 1 heterocycles. The molecule has 4 heteroatoms. The van der Waals surface area contributed by atoms with E-state index in [0.29, 0.717) is 0 Å². The Morgan fingerprint density at radius 3 is 2.72 bits per heavy atom. The average molecular weight is 339 g/mol. The molecule has 0 spiro atoms. The van der Waals surface area contributed by atoms with Crippen molar-refractivity contribution in [2.24, 2.45) is 0 Å². The number of rotatable bonds is 1. The van der Waals surface area contributed by atoms with Crippen LogP contribution in [0, 0.1) is 11.6 Å². The van der Waals surface area contributed by atoms with Crippen LogP contribution in [0.15, 0.2) is 42.5 Å². The fraction of sp³-hybridized carbons (Fsp3) is 0.0714. The Balaban J connectivity index is 2.35. The van der Waals surface area contributed by atoms with E-state index >= 15 is 0 Å². The first-order valence-electron chi connectivity index (χ1n) is 5.54. The molecule has 90 valence electrons. The second-order valence-electron chi connectivity index (χ2n) is 4.12. The van der Waals surface area contributed by atoms with Crippen molar-refractivity contribution in [1.29, 1.82) is 0 Å². The molecule has 0 amide bonds. The monoisotopic (exact) mass is 339 g/mol. The summed E-state index contributed by atoms with van der Waals surface area (Å²) in [6.07, 6.45) is 0. The van der Waals surface area contributed by atoms with Crippen LogP contribution in [0.5, 0.6) is 0 Å². The summed E-state index contributed by atoms with van der Waals surface area (Å²) < 4.78 is 4.47. The Morgan fingerprint density at radius 2 is 1.94 bits per heavy atom. The van der Waals surface area contributed by atoms with E-state index in [1.54, 1.807) is 0 Å². The van der Waals surface area contributed by atoms with Gasteiger partial charge in [0.2, 0.25) is 0 Å². The van der Waals surface area contributed by atoms with Crippen LogP contribution in [-0.4, -0.2) is 18.3 Å². The Morgan fingerprint density at radius 1 is 1.17 bits per heavy atom. The zero-order chi connectivity index (χ0) is 12.7. The van der Waals surface area contributed by atoms with Crippen molar-refractivity contribution in [3.8, 4) is 5.69 Å². The van der Waals surface area contributed by atoms with Crippen molar-refractivity contribution in [2.45, 2.75) is 6.92 Å². The molecule has 0 N–H and O–H groups in total. The summed E-state index contributed by atoms with van der Waals surface area (Å²) in [7, 11) is 0. The molecule has 0 saturated heterocycles. The van der Waals surface area contributed by atoms with Crippen LogP contribution in [0.25, 0.3) is 15.3 Å². The van der Waals surface area contributed by atoms with Gasteiger partial charge in [0.25, 0.3) is 0 Å². The minimum absolute atomic E-state index is 0.211. The van der Waals surface area contributed by atoms with Crippen molar-refractivity contribution in [3.63, 3.8) is 0 Å². The van der Waals surface area contributed by atoms with Gasteiger partial charge in [-0.05, 0) is 0 Å². The number of aromatic nitrogens is 1. The van der Waals surface area contributed by atoms with E-state index in [9.17, 15) is 0 Å². The zero-order valence-corrected chi connectivity index (χ0v) is 13.0. The summed E-state index contributed by atoms with van der Waals surface area (Å²) in [4.78, 5) is 0. The van der Waals surface area contributed by atoms with Crippen LogP contribution in [0.3, 0.4) is 0 Å². The SMILES string of the molecule is Cc1ccc(Cl)cc1-n1[se]c2ccccc2c1=S. The number of fused-ring (bicyclic) bond motifs is 1. The van der Waals surface area contributed by atoms with Gasteiger partial charge >= 0.3 is 122 Å². The van der Waals surface area contributed by atoms with Crippen LogP contribution in [0.2, 0.25) is 5.02 Å². The topological polar surface area (TPSA) is 4.93 Å². The van der Waals surface area contributed by atoms with Crippen LogP contribution >= 0.6 is 23.8 Å². The third kappa shape index (κ3) is 1.98. The molecule has 1 aromatic heterocycles. The van der Waals surface area contributed by atoms with E-state index in [-0.39, 0.29) is 14.7 Å². The molecule has 2 aromatic carbocycles. The van der Waals surface area contributed by atoms with Crippen molar-refractivity contribution in [3.05, 3.63) is 57.7 Å². The van der Waals surface area contributed by atoms with E-state index in [0.717, 1.165) is 15.4 Å². The summed E-state index contributed by atoms with van der Waals surface area (Å²) in [6.45, 7) is 2.09. The van der Waals surface area contributed by atoms with E-state index in [2.05, 4.69) is 28.7 Å². The Bertz CT molecular complexity index is 788. The molecule has 0 atom stereocenters. The third-order valence-corrected chi connectivity index (χ3v) is 6.12. The molecule has 0 aliphatic carbocycles. The molecule has 0 saturated carbocycles. The first-order valence-corrected chi connectivity index (χ1v) is 7.95. The van der Waals surface area contributed by atoms with Gasteiger partial charge < -0.3 is 0 Å². The fourth-order valence-electron chi connectivity index (χ4n) is 1.93. The summed E-state index contributed by atoms with van der Waals surface area (Å²) in [6, 6.07) is 14.3. The number of aryl methyl sites for hydroxylation is 1. The van der Waals surface area contributed by atoms with Gasteiger partial charge in [-0.3, -0.25) is 0 Å². The van der Waals surface area contributed by atoms with E-state index in [1.165, 1.54) is 15.2 Å². The van der Waals surface area contributed by atoms with E-state index in [4.69, 9.17) is 23.8 Å². The number of benzene rings is 2. The van der Waals surface area contributed by atoms with Crippen LogP contribution < -0.4 is 0 Å². The quantitative estimate of drug-likeness (QED) is 0.471. The van der Waals surface area contributed by atoms with Crippen LogP contribution in [0.1, 0.15) is 5.56 Å². The van der Waals surface area contributed by atoms with Crippen LogP contribution in [0.4, 0.5) is 0 Å². The Kier molecular flexibility index (Phi) is 3.16. The molecule has 0 aliphatic rings. The number of halogens is 1. The molecule has 0 radical (unpaired) electrons. The summed E-state index contributed by atoms with van der Waals surface area (Å²) in [5, 5.41) is 1.94. The molecule has 0 aliphatic heterocycles. The van der Waals surface area contributed by atoms with E-state index < -0.39 is 0 Å². The van der Waals surface area contributed by atoms with Gasteiger partial charge in [-0.15, -0.1) is 0 Å². The predicted octanol–water partition coefficient (Wildman–Crippen LogP) is 4.38. The normalized spacial score (nSPS) is 11.0. The Hall–Kier alpha value is -0.861. The maximum absolute atomic E-state index is 6.09. The molecule has 3 aromatic rings. The molecule has 1 nitrogen and oxygen atoms in total. The molecular formula is C14H10ClNSSe. The van der Waals surface area contributed by atoms with Gasteiger partial charge in [-0.1, -0.05) is 0 Å². The summed E-state index contributed by atoms with van der Waals surface area (Å²) in [5.74, 6) is 0. The molecule has 18 heavy (non-hydrogen) atoms. The van der Waals surface area contributed by atoms with E-state index in [1.807, 2.05) is 24.3 Å². The number of hydrogen-bond donors (Lipinski definition) is 0. The fourth-order valence-corrected chi connectivity index (χ4v) is 4.97. The van der Waals surface area contributed by atoms with Gasteiger partial charge in [0.05, 0.1) is 0 Å². The minimum atomic E-state index is 0.211. The standard InChI is InChI=1S/C14H10ClNSSe/c1-9-6-7-10(15)8-12(9)16-14(17)11-4-2-3-5-13(11)18-16/h2-8H,1H3. The Labute approximate surface area is 122 Å². The summed E-state index contributed by atoms with van der Waals surface area (Å²) in [5.41, 5.74) is 2.33. The molecule has 0 bridgehead atoms.